The van der Waals surface area contributed by atoms with Crippen molar-refractivity contribution < 1.29 is 0 Å². The first-order valence-corrected chi connectivity index (χ1v) is 7.38. The molecule has 0 spiro atoms. The molecule has 106 valence electrons. The van der Waals surface area contributed by atoms with Gasteiger partial charge >= 0.3 is 0 Å². The largest absolute Gasteiger partial charge is 0.306 e. The summed E-state index contributed by atoms with van der Waals surface area (Å²) >= 11 is 0. The summed E-state index contributed by atoms with van der Waals surface area (Å²) in [6.07, 6.45) is 2.65. The predicted octanol–water partition coefficient (Wildman–Crippen LogP) is 2.95. The smallest absolute Gasteiger partial charge is 0.0547 e. The highest BCUT2D eigenvalue weighted by molar-refractivity contribution is 5.11. The Hall–Kier alpha value is -0.930. The third-order valence-electron chi connectivity index (χ3n) is 3.72. The van der Waals surface area contributed by atoms with Gasteiger partial charge in [0.15, 0.2) is 0 Å². The fraction of sp³-hybridized carbons (Fsp3) is 0.688. The molecule has 2 rings (SSSR count). The van der Waals surface area contributed by atoms with Gasteiger partial charge in [-0.05, 0) is 59.2 Å². The average Bonchev–Trinajstić information content (AvgIpc) is 2.72. The van der Waals surface area contributed by atoms with Crippen LogP contribution in [0.5, 0.6) is 0 Å². The molecular weight excluding hydrogens is 234 g/mol. The molecule has 0 radical (unpaired) electrons. The highest BCUT2D eigenvalue weighted by Gasteiger charge is 2.20. The summed E-state index contributed by atoms with van der Waals surface area (Å²) in [5.74, 6) is 0. The van der Waals surface area contributed by atoms with Gasteiger partial charge in [0.05, 0.1) is 11.4 Å². The van der Waals surface area contributed by atoms with E-state index < -0.39 is 0 Å². The molecule has 1 fully saturated rings. The van der Waals surface area contributed by atoms with Crippen molar-refractivity contribution in [2.24, 2.45) is 0 Å². The first kappa shape index (κ1) is 14.5. The Labute approximate surface area is 117 Å². The van der Waals surface area contributed by atoms with Gasteiger partial charge in [-0.25, -0.2) is 0 Å². The number of nitrogens with one attached hydrogen (secondary N) is 1. The maximum absolute atomic E-state index is 4.77. The van der Waals surface area contributed by atoms with Gasteiger partial charge in [0.25, 0.3) is 0 Å². The molecule has 0 bridgehead atoms. The number of hydrogen-bond acceptors (Lipinski definition) is 3. The molecule has 19 heavy (non-hydrogen) atoms. The normalized spacial score (nSPS) is 20.9. The van der Waals surface area contributed by atoms with Gasteiger partial charge in [-0.3, -0.25) is 9.88 Å². The third kappa shape index (κ3) is 4.59. The number of rotatable bonds is 4. The molecule has 0 aliphatic carbocycles. The predicted molar refractivity (Wildman–Crippen MR) is 79.9 cm³/mol. The number of aromatic nitrogens is 1. The zero-order chi connectivity index (χ0) is 13.9. The highest BCUT2D eigenvalue weighted by atomic mass is 15.2. The summed E-state index contributed by atoms with van der Waals surface area (Å²) in [6.45, 7) is 11.9. The molecule has 2 heterocycles. The van der Waals surface area contributed by atoms with Crippen molar-refractivity contribution in [1.29, 1.82) is 0 Å². The topological polar surface area (TPSA) is 28.2 Å². The monoisotopic (exact) mass is 261 g/mol. The Bertz CT molecular complexity index is 409. The van der Waals surface area contributed by atoms with Gasteiger partial charge in [-0.15, -0.1) is 0 Å². The fourth-order valence-electron chi connectivity index (χ4n) is 2.51. The molecule has 1 unspecified atom stereocenters. The van der Waals surface area contributed by atoms with Crippen molar-refractivity contribution in [3.63, 3.8) is 0 Å². The van der Waals surface area contributed by atoms with Gasteiger partial charge in [0.2, 0.25) is 0 Å². The van der Waals surface area contributed by atoms with E-state index in [0.717, 1.165) is 18.8 Å². The lowest BCUT2D eigenvalue weighted by Gasteiger charge is -2.22. The Balaban J connectivity index is 1.95. The van der Waals surface area contributed by atoms with E-state index >= 15 is 0 Å². The first-order valence-electron chi connectivity index (χ1n) is 7.38. The van der Waals surface area contributed by atoms with Crippen LogP contribution >= 0.6 is 0 Å². The molecule has 0 aromatic carbocycles. The van der Waals surface area contributed by atoms with Gasteiger partial charge in [-0.1, -0.05) is 6.07 Å². The summed E-state index contributed by atoms with van der Waals surface area (Å²) in [5.41, 5.74) is 2.47. The van der Waals surface area contributed by atoms with E-state index in [1.54, 1.807) is 0 Å². The molecule has 1 aromatic rings. The van der Waals surface area contributed by atoms with Crippen LogP contribution in [0.2, 0.25) is 0 Å². The van der Waals surface area contributed by atoms with E-state index in [4.69, 9.17) is 4.98 Å². The van der Waals surface area contributed by atoms with Crippen LogP contribution in [-0.2, 0) is 13.1 Å². The van der Waals surface area contributed by atoms with Crippen LogP contribution in [0.25, 0.3) is 0 Å². The summed E-state index contributed by atoms with van der Waals surface area (Å²) in [6, 6.07) is 7.09. The summed E-state index contributed by atoms with van der Waals surface area (Å²) < 4.78 is 0. The van der Waals surface area contributed by atoms with E-state index in [-0.39, 0.29) is 5.54 Å². The minimum atomic E-state index is 0.140. The van der Waals surface area contributed by atoms with E-state index in [2.05, 4.69) is 56.1 Å². The zero-order valence-electron chi connectivity index (χ0n) is 12.7. The van der Waals surface area contributed by atoms with Crippen LogP contribution in [0.4, 0.5) is 0 Å². The molecule has 1 aromatic heterocycles. The Morgan fingerprint density at radius 2 is 2.05 bits per heavy atom. The van der Waals surface area contributed by atoms with Crippen molar-refractivity contribution >= 4 is 0 Å². The number of hydrogen-bond donors (Lipinski definition) is 1. The lowest BCUT2D eigenvalue weighted by Crippen LogP contribution is -2.35. The SMILES string of the molecule is CC1CCCN1Cc1cccc(CNC(C)(C)C)n1. The van der Waals surface area contributed by atoms with Crippen LogP contribution in [0.3, 0.4) is 0 Å². The maximum Gasteiger partial charge on any atom is 0.0547 e. The van der Waals surface area contributed by atoms with E-state index in [1.807, 2.05) is 0 Å². The highest BCUT2D eigenvalue weighted by Crippen LogP contribution is 2.18. The molecule has 0 amide bonds. The summed E-state index contributed by atoms with van der Waals surface area (Å²) in [5, 5.41) is 3.49. The van der Waals surface area contributed by atoms with E-state index in [1.165, 1.54) is 25.1 Å². The molecule has 1 saturated heterocycles. The Morgan fingerprint density at radius 3 is 2.68 bits per heavy atom. The minimum Gasteiger partial charge on any atom is -0.306 e. The maximum atomic E-state index is 4.77. The molecule has 1 aliphatic rings. The third-order valence-corrected chi connectivity index (χ3v) is 3.72. The second-order valence-corrected chi connectivity index (χ2v) is 6.69. The summed E-state index contributed by atoms with van der Waals surface area (Å²) in [4.78, 5) is 7.30. The second kappa shape index (κ2) is 6.02. The van der Waals surface area contributed by atoms with Crippen molar-refractivity contribution in [2.45, 2.75) is 65.2 Å². The molecule has 1 atom stereocenters. The number of pyridine rings is 1. The zero-order valence-corrected chi connectivity index (χ0v) is 12.7. The molecular formula is C16H27N3. The van der Waals surface area contributed by atoms with Gasteiger partial charge < -0.3 is 5.32 Å². The van der Waals surface area contributed by atoms with Crippen molar-refractivity contribution in [3.8, 4) is 0 Å². The van der Waals surface area contributed by atoms with Crippen molar-refractivity contribution in [3.05, 3.63) is 29.6 Å². The lowest BCUT2D eigenvalue weighted by molar-refractivity contribution is 0.257. The molecule has 3 nitrogen and oxygen atoms in total. The van der Waals surface area contributed by atoms with Crippen LogP contribution in [0.1, 0.15) is 51.9 Å². The molecule has 1 aliphatic heterocycles. The fourth-order valence-corrected chi connectivity index (χ4v) is 2.51. The standard InChI is InChI=1S/C16H27N3/c1-13-7-6-10-19(13)12-15-9-5-8-14(18-15)11-17-16(2,3)4/h5,8-9,13,17H,6-7,10-12H2,1-4H3. The molecule has 3 heteroatoms. The lowest BCUT2D eigenvalue weighted by atomic mass is 10.1. The Morgan fingerprint density at radius 1 is 1.32 bits per heavy atom. The molecule has 0 saturated carbocycles. The number of nitrogens with zero attached hydrogens (tertiary/aromatic N) is 2. The average molecular weight is 261 g/mol. The van der Waals surface area contributed by atoms with E-state index in [9.17, 15) is 0 Å². The summed E-state index contributed by atoms with van der Waals surface area (Å²) in [7, 11) is 0. The minimum absolute atomic E-state index is 0.140. The quantitative estimate of drug-likeness (QED) is 0.903. The van der Waals surface area contributed by atoms with Crippen LogP contribution in [0, 0.1) is 0 Å². The van der Waals surface area contributed by atoms with Crippen LogP contribution in [-0.4, -0.2) is 28.0 Å². The second-order valence-electron chi connectivity index (χ2n) is 6.69. The van der Waals surface area contributed by atoms with Gasteiger partial charge in [0, 0.05) is 24.7 Å². The van der Waals surface area contributed by atoms with Crippen molar-refractivity contribution in [1.82, 2.24) is 15.2 Å². The van der Waals surface area contributed by atoms with E-state index in [0.29, 0.717) is 6.04 Å². The van der Waals surface area contributed by atoms with Crippen molar-refractivity contribution in [2.75, 3.05) is 6.54 Å². The van der Waals surface area contributed by atoms with Gasteiger partial charge in [-0.2, -0.15) is 0 Å². The van der Waals surface area contributed by atoms with Gasteiger partial charge in [0.1, 0.15) is 0 Å². The Kier molecular flexibility index (Phi) is 4.58. The van der Waals surface area contributed by atoms with Crippen LogP contribution < -0.4 is 5.32 Å². The number of likely N-dealkylation sites (tertiary alicyclic amines) is 1. The van der Waals surface area contributed by atoms with Crippen LogP contribution in [0.15, 0.2) is 18.2 Å². The first-order chi connectivity index (χ1) is 8.94. The molecule has 1 N–H and O–H groups in total.